The molecule has 4 aromatic rings. The fraction of sp³-hybridized carbons (Fsp3) is 0.130. The van der Waals surface area contributed by atoms with Crippen LogP contribution in [0, 0.1) is 12.7 Å². The molecule has 2 aromatic heterocycles. The van der Waals surface area contributed by atoms with E-state index < -0.39 is 0 Å². The second-order valence-electron chi connectivity index (χ2n) is 6.84. The van der Waals surface area contributed by atoms with E-state index in [0.29, 0.717) is 23.1 Å². The Kier molecular flexibility index (Phi) is 6.37. The van der Waals surface area contributed by atoms with Crippen molar-refractivity contribution in [1.82, 2.24) is 25.1 Å². The summed E-state index contributed by atoms with van der Waals surface area (Å²) < 4.78 is 16.2. The number of hydrogen-bond acceptors (Lipinski definition) is 5. The molecule has 156 valence electrons. The van der Waals surface area contributed by atoms with Gasteiger partial charge in [0.2, 0.25) is 5.91 Å². The maximum absolute atomic E-state index is 14.5. The zero-order valence-electron chi connectivity index (χ0n) is 16.8. The van der Waals surface area contributed by atoms with Gasteiger partial charge in [0.15, 0.2) is 11.0 Å². The Balaban J connectivity index is 1.56. The molecule has 0 saturated heterocycles. The second-order valence-corrected chi connectivity index (χ2v) is 7.79. The first-order valence-electron chi connectivity index (χ1n) is 9.68. The molecule has 4 rings (SSSR count). The van der Waals surface area contributed by atoms with Crippen LogP contribution < -0.4 is 5.32 Å². The van der Waals surface area contributed by atoms with Crippen LogP contribution >= 0.6 is 11.8 Å². The van der Waals surface area contributed by atoms with Gasteiger partial charge in [-0.25, -0.2) is 4.39 Å². The first kappa shape index (κ1) is 20.7. The Morgan fingerprint density at radius 1 is 1.03 bits per heavy atom. The number of carbonyl (C=O) groups excluding carboxylic acids is 1. The van der Waals surface area contributed by atoms with E-state index in [-0.39, 0.29) is 17.5 Å². The van der Waals surface area contributed by atoms with Gasteiger partial charge < -0.3 is 5.32 Å². The van der Waals surface area contributed by atoms with Gasteiger partial charge in [-0.1, -0.05) is 47.7 Å². The summed E-state index contributed by atoms with van der Waals surface area (Å²) in [4.78, 5) is 16.5. The van der Waals surface area contributed by atoms with E-state index in [1.165, 1.54) is 17.8 Å². The quantitative estimate of drug-likeness (QED) is 0.443. The second kappa shape index (κ2) is 9.53. The average molecular weight is 434 g/mol. The largest absolute Gasteiger partial charge is 0.350 e. The number of pyridine rings is 1. The van der Waals surface area contributed by atoms with Gasteiger partial charge in [-0.2, -0.15) is 0 Å². The van der Waals surface area contributed by atoms with Crippen molar-refractivity contribution in [2.24, 2.45) is 0 Å². The Morgan fingerprint density at radius 2 is 1.81 bits per heavy atom. The summed E-state index contributed by atoms with van der Waals surface area (Å²) in [6, 6.07) is 19.8. The molecule has 0 aliphatic heterocycles. The van der Waals surface area contributed by atoms with Gasteiger partial charge >= 0.3 is 0 Å². The van der Waals surface area contributed by atoms with E-state index in [1.807, 2.05) is 49.4 Å². The van der Waals surface area contributed by atoms with E-state index in [1.54, 1.807) is 29.0 Å². The Morgan fingerprint density at radius 3 is 2.55 bits per heavy atom. The maximum atomic E-state index is 14.5. The molecule has 8 heteroatoms. The summed E-state index contributed by atoms with van der Waals surface area (Å²) in [7, 11) is 0. The number of hydrogen-bond donors (Lipinski definition) is 1. The lowest BCUT2D eigenvalue weighted by molar-refractivity contribution is -0.118. The van der Waals surface area contributed by atoms with E-state index in [4.69, 9.17) is 0 Å². The van der Waals surface area contributed by atoms with Crippen LogP contribution in [0.15, 0.2) is 78.1 Å². The highest BCUT2D eigenvalue weighted by molar-refractivity contribution is 7.99. The fourth-order valence-corrected chi connectivity index (χ4v) is 3.76. The lowest BCUT2D eigenvalue weighted by Gasteiger charge is -2.11. The third-order valence-electron chi connectivity index (χ3n) is 4.57. The molecular formula is C23H20FN5OS. The van der Waals surface area contributed by atoms with Gasteiger partial charge in [0.05, 0.1) is 23.6 Å². The predicted molar refractivity (Wildman–Crippen MR) is 118 cm³/mol. The van der Waals surface area contributed by atoms with E-state index in [0.717, 1.165) is 16.9 Å². The van der Waals surface area contributed by atoms with Crippen LogP contribution in [-0.4, -0.2) is 31.4 Å². The zero-order chi connectivity index (χ0) is 21.6. The molecule has 31 heavy (non-hydrogen) atoms. The zero-order valence-corrected chi connectivity index (χ0v) is 17.6. The number of aromatic nitrogens is 4. The third kappa shape index (κ3) is 4.97. The molecule has 2 heterocycles. The predicted octanol–water partition coefficient (Wildman–Crippen LogP) is 4.19. The molecule has 1 amide bonds. The normalized spacial score (nSPS) is 10.8. The summed E-state index contributed by atoms with van der Waals surface area (Å²) in [5.74, 6) is 0.00138. The van der Waals surface area contributed by atoms with Crippen molar-refractivity contribution in [3.8, 4) is 17.1 Å². The van der Waals surface area contributed by atoms with Crippen LogP contribution in [0.4, 0.5) is 4.39 Å². The van der Waals surface area contributed by atoms with Crippen molar-refractivity contribution in [1.29, 1.82) is 0 Å². The molecule has 0 radical (unpaired) electrons. The molecule has 0 atom stereocenters. The molecule has 0 spiro atoms. The first-order chi connectivity index (χ1) is 15.1. The smallest absolute Gasteiger partial charge is 0.230 e. The standard InChI is InChI=1S/C23H20FN5OS/c1-16-9-11-18(12-10-16)29-22(19-7-2-3-8-20(19)24)27-28-23(29)31-15-21(30)26-14-17-6-4-5-13-25-17/h2-13H,14-15H2,1H3,(H,26,30). The molecule has 1 N–H and O–H groups in total. The van der Waals surface area contributed by atoms with Crippen LogP contribution in [0.5, 0.6) is 0 Å². The summed E-state index contributed by atoms with van der Waals surface area (Å²) in [6.07, 6.45) is 1.69. The van der Waals surface area contributed by atoms with Crippen LogP contribution in [0.3, 0.4) is 0 Å². The monoisotopic (exact) mass is 433 g/mol. The first-order valence-corrected chi connectivity index (χ1v) is 10.7. The van der Waals surface area contributed by atoms with Gasteiger partial charge in [0, 0.05) is 11.9 Å². The van der Waals surface area contributed by atoms with Crippen LogP contribution in [-0.2, 0) is 11.3 Å². The fourth-order valence-electron chi connectivity index (χ4n) is 2.98. The molecule has 0 bridgehead atoms. The number of carbonyl (C=O) groups is 1. The van der Waals surface area contributed by atoms with Gasteiger partial charge in [0.25, 0.3) is 0 Å². The molecule has 0 aliphatic carbocycles. The minimum Gasteiger partial charge on any atom is -0.350 e. The van der Waals surface area contributed by atoms with Gasteiger partial charge in [0.1, 0.15) is 5.82 Å². The van der Waals surface area contributed by atoms with Crippen molar-refractivity contribution >= 4 is 17.7 Å². The third-order valence-corrected chi connectivity index (χ3v) is 5.49. The minimum absolute atomic E-state index is 0.147. The molecular weight excluding hydrogens is 413 g/mol. The van der Waals surface area contributed by atoms with E-state index >= 15 is 0 Å². The van der Waals surface area contributed by atoms with Gasteiger partial charge in [-0.05, 0) is 43.3 Å². The highest BCUT2D eigenvalue weighted by atomic mass is 32.2. The van der Waals surface area contributed by atoms with Crippen molar-refractivity contribution < 1.29 is 9.18 Å². The summed E-state index contributed by atoms with van der Waals surface area (Å²) in [5.41, 5.74) is 3.03. The Bertz CT molecular complexity index is 1180. The van der Waals surface area contributed by atoms with Crippen LogP contribution in [0.2, 0.25) is 0 Å². The number of amides is 1. The molecule has 0 aliphatic rings. The summed E-state index contributed by atoms with van der Waals surface area (Å²) >= 11 is 1.25. The molecule has 6 nitrogen and oxygen atoms in total. The van der Waals surface area contributed by atoms with Crippen molar-refractivity contribution in [3.63, 3.8) is 0 Å². The highest BCUT2D eigenvalue weighted by Crippen LogP contribution is 2.29. The molecule has 0 unspecified atom stereocenters. The number of thioether (sulfide) groups is 1. The average Bonchev–Trinajstić information content (AvgIpc) is 3.21. The summed E-state index contributed by atoms with van der Waals surface area (Å²) in [5, 5.41) is 11.8. The lowest BCUT2D eigenvalue weighted by atomic mass is 10.2. The topological polar surface area (TPSA) is 72.7 Å². The highest BCUT2D eigenvalue weighted by Gasteiger charge is 2.19. The summed E-state index contributed by atoms with van der Waals surface area (Å²) in [6.45, 7) is 2.35. The number of rotatable bonds is 7. The number of benzene rings is 2. The van der Waals surface area contributed by atoms with Gasteiger partial charge in [-0.3, -0.25) is 14.3 Å². The van der Waals surface area contributed by atoms with Crippen molar-refractivity contribution in [2.75, 3.05) is 5.75 Å². The van der Waals surface area contributed by atoms with Crippen LogP contribution in [0.1, 0.15) is 11.3 Å². The number of aryl methyl sites for hydroxylation is 1. The SMILES string of the molecule is Cc1ccc(-n2c(SCC(=O)NCc3ccccn3)nnc2-c2ccccc2F)cc1. The number of nitrogens with zero attached hydrogens (tertiary/aromatic N) is 4. The van der Waals surface area contributed by atoms with E-state index in [9.17, 15) is 9.18 Å². The van der Waals surface area contributed by atoms with E-state index in [2.05, 4.69) is 20.5 Å². The number of halogens is 1. The van der Waals surface area contributed by atoms with Crippen molar-refractivity contribution in [3.05, 3.63) is 90.0 Å². The molecule has 2 aromatic carbocycles. The Hall–Kier alpha value is -3.52. The van der Waals surface area contributed by atoms with Gasteiger partial charge in [-0.15, -0.1) is 10.2 Å². The minimum atomic E-state index is -0.382. The number of nitrogens with one attached hydrogen (secondary N) is 1. The van der Waals surface area contributed by atoms with Crippen molar-refractivity contribution in [2.45, 2.75) is 18.6 Å². The van der Waals surface area contributed by atoms with Crippen LogP contribution in [0.25, 0.3) is 17.1 Å². The molecule has 0 fully saturated rings. The molecule has 0 saturated carbocycles. The lowest BCUT2D eigenvalue weighted by Crippen LogP contribution is -2.25. The maximum Gasteiger partial charge on any atom is 0.230 e. The Labute approximate surface area is 183 Å².